The van der Waals surface area contributed by atoms with E-state index in [0.29, 0.717) is 12.8 Å². The van der Waals surface area contributed by atoms with Crippen LogP contribution in [0.5, 0.6) is 0 Å². The van der Waals surface area contributed by atoms with Gasteiger partial charge in [-0.05, 0) is 12.8 Å². The van der Waals surface area contributed by atoms with Gasteiger partial charge in [-0.2, -0.15) is 13.2 Å². The van der Waals surface area contributed by atoms with E-state index in [4.69, 9.17) is 5.73 Å². The van der Waals surface area contributed by atoms with Crippen LogP contribution in [0.25, 0.3) is 0 Å². The number of hydrogen-bond acceptors (Lipinski definition) is 1. The van der Waals surface area contributed by atoms with Gasteiger partial charge in [0, 0.05) is 0 Å². The molecule has 0 bridgehead atoms. The molecule has 72 valence electrons. The Labute approximate surface area is 70.1 Å². The van der Waals surface area contributed by atoms with Crippen LogP contribution in [0.2, 0.25) is 0 Å². The summed E-state index contributed by atoms with van der Waals surface area (Å²) in [5.41, 5.74) is 3.41. The maximum Gasteiger partial charge on any atom is 0.406 e. The monoisotopic (exact) mass is 181 g/mol. The van der Waals surface area contributed by atoms with E-state index < -0.39 is 11.7 Å². The molecule has 12 heavy (non-hydrogen) atoms. The molecule has 1 aliphatic rings. The maximum atomic E-state index is 12.4. The fourth-order valence-electron chi connectivity index (χ4n) is 1.64. The maximum absolute atomic E-state index is 12.4. The van der Waals surface area contributed by atoms with Crippen molar-refractivity contribution < 1.29 is 13.2 Å². The molecule has 0 aromatic carbocycles. The summed E-state index contributed by atoms with van der Waals surface area (Å²) < 4.78 is 37.1. The van der Waals surface area contributed by atoms with Crippen LogP contribution >= 0.6 is 0 Å². The summed E-state index contributed by atoms with van der Waals surface area (Å²) in [4.78, 5) is 0. The first-order valence-corrected chi connectivity index (χ1v) is 4.31. The molecule has 0 unspecified atom stereocenters. The van der Waals surface area contributed by atoms with Crippen LogP contribution in [0.15, 0.2) is 0 Å². The zero-order chi connectivity index (χ0) is 9.24. The van der Waals surface area contributed by atoms with E-state index in [2.05, 4.69) is 0 Å². The van der Waals surface area contributed by atoms with Gasteiger partial charge in [-0.1, -0.05) is 25.7 Å². The van der Waals surface area contributed by atoms with E-state index in [1.165, 1.54) is 0 Å². The standard InChI is InChI=1S/C8H14F3N/c9-8(10,11)7(12)5-3-1-2-4-6-7/h1-6,12H2. The Morgan fingerprint density at radius 2 is 1.33 bits per heavy atom. The van der Waals surface area contributed by atoms with Crippen molar-refractivity contribution in [1.29, 1.82) is 0 Å². The summed E-state index contributed by atoms with van der Waals surface area (Å²) >= 11 is 0. The number of nitrogens with two attached hydrogens (primary N) is 1. The average Bonchev–Trinajstić information content (AvgIpc) is 2.12. The molecule has 0 heterocycles. The predicted octanol–water partition coefficient (Wildman–Crippen LogP) is 2.60. The Kier molecular flexibility index (Phi) is 2.66. The Bertz CT molecular complexity index is 145. The third kappa shape index (κ3) is 1.91. The summed E-state index contributed by atoms with van der Waals surface area (Å²) in [6.45, 7) is 0. The van der Waals surface area contributed by atoms with E-state index in [1.807, 2.05) is 0 Å². The largest absolute Gasteiger partial charge is 0.406 e. The molecule has 0 amide bonds. The minimum absolute atomic E-state index is 0.0938. The normalized spacial score (nSPS) is 25.0. The second-order valence-electron chi connectivity index (χ2n) is 3.57. The predicted molar refractivity (Wildman–Crippen MR) is 40.7 cm³/mol. The van der Waals surface area contributed by atoms with Gasteiger partial charge >= 0.3 is 6.18 Å². The van der Waals surface area contributed by atoms with Gasteiger partial charge in [0.15, 0.2) is 0 Å². The number of halogens is 3. The lowest BCUT2D eigenvalue weighted by molar-refractivity contribution is -0.189. The van der Waals surface area contributed by atoms with Gasteiger partial charge in [0.1, 0.15) is 5.54 Å². The Hall–Kier alpha value is -0.250. The third-order valence-corrected chi connectivity index (χ3v) is 2.56. The van der Waals surface area contributed by atoms with Crippen molar-refractivity contribution in [2.45, 2.75) is 50.2 Å². The van der Waals surface area contributed by atoms with Crippen molar-refractivity contribution in [3.63, 3.8) is 0 Å². The Balaban J connectivity index is 2.67. The molecule has 0 spiro atoms. The number of hydrogen-bond donors (Lipinski definition) is 1. The molecule has 0 aliphatic heterocycles. The summed E-state index contributed by atoms with van der Waals surface area (Å²) in [5, 5.41) is 0. The van der Waals surface area contributed by atoms with Crippen molar-refractivity contribution in [1.82, 2.24) is 0 Å². The minimum Gasteiger partial charge on any atom is -0.318 e. The van der Waals surface area contributed by atoms with E-state index >= 15 is 0 Å². The van der Waals surface area contributed by atoms with E-state index in [0.717, 1.165) is 12.8 Å². The molecule has 0 saturated heterocycles. The molecule has 1 fully saturated rings. The molecule has 1 saturated carbocycles. The van der Waals surface area contributed by atoms with Gasteiger partial charge in [-0.3, -0.25) is 0 Å². The SMILES string of the molecule is NC1(C(F)(F)F)CCCCCC1. The average molecular weight is 181 g/mol. The molecule has 0 aromatic rings. The molecule has 1 nitrogen and oxygen atoms in total. The lowest BCUT2D eigenvalue weighted by atomic mass is 9.91. The quantitative estimate of drug-likeness (QED) is 0.571. The lowest BCUT2D eigenvalue weighted by Gasteiger charge is -2.30. The van der Waals surface area contributed by atoms with Gasteiger partial charge in [0.25, 0.3) is 0 Å². The zero-order valence-electron chi connectivity index (χ0n) is 6.95. The molecule has 0 radical (unpaired) electrons. The highest BCUT2D eigenvalue weighted by molar-refractivity contribution is 4.92. The molecule has 2 N–H and O–H groups in total. The van der Waals surface area contributed by atoms with Crippen LogP contribution < -0.4 is 5.73 Å². The molecule has 0 aromatic heterocycles. The van der Waals surface area contributed by atoms with Crippen molar-refractivity contribution in [3.05, 3.63) is 0 Å². The summed E-state index contributed by atoms with van der Waals surface area (Å²) in [6, 6.07) is 0. The first-order chi connectivity index (χ1) is 5.46. The number of rotatable bonds is 0. The van der Waals surface area contributed by atoms with Crippen LogP contribution in [-0.2, 0) is 0 Å². The van der Waals surface area contributed by atoms with Crippen LogP contribution in [0.4, 0.5) is 13.2 Å². The van der Waals surface area contributed by atoms with Crippen LogP contribution in [0, 0.1) is 0 Å². The highest BCUT2D eigenvalue weighted by atomic mass is 19.4. The van der Waals surface area contributed by atoms with Crippen molar-refractivity contribution in [2.75, 3.05) is 0 Å². The summed E-state index contributed by atoms with van der Waals surface area (Å²) in [6.07, 6.45) is -1.06. The van der Waals surface area contributed by atoms with Gasteiger partial charge in [0.05, 0.1) is 0 Å². The summed E-state index contributed by atoms with van der Waals surface area (Å²) in [7, 11) is 0. The second-order valence-corrected chi connectivity index (χ2v) is 3.57. The second kappa shape index (κ2) is 3.24. The molecule has 4 heteroatoms. The van der Waals surface area contributed by atoms with Gasteiger partial charge < -0.3 is 5.73 Å². The Morgan fingerprint density at radius 3 is 1.67 bits per heavy atom. The molecular formula is C8H14F3N. The molecule has 0 atom stereocenters. The van der Waals surface area contributed by atoms with Crippen molar-refractivity contribution >= 4 is 0 Å². The van der Waals surface area contributed by atoms with E-state index in [1.54, 1.807) is 0 Å². The van der Waals surface area contributed by atoms with Gasteiger partial charge in [-0.25, -0.2) is 0 Å². The minimum atomic E-state index is -4.22. The smallest absolute Gasteiger partial charge is 0.318 e. The highest BCUT2D eigenvalue weighted by Crippen LogP contribution is 2.38. The molecule has 1 aliphatic carbocycles. The van der Waals surface area contributed by atoms with Crippen molar-refractivity contribution in [3.8, 4) is 0 Å². The van der Waals surface area contributed by atoms with Crippen molar-refractivity contribution in [2.24, 2.45) is 5.73 Å². The highest BCUT2D eigenvalue weighted by Gasteiger charge is 2.50. The van der Waals surface area contributed by atoms with Crippen LogP contribution in [0.1, 0.15) is 38.5 Å². The topological polar surface area (TPSA) is 26.0 Å². The van der Waals surface area contributed by atoms with Gasteiger partial charge in [0.2, 0.25) is 0 Å². The fourth-order valence-corrected chi connectivity index (χ4v) is 1.64. The third-order valence-electron chi connectivity index (χ3n) is 2.56. The van der Waals surface area contributed by atoms with E-state index in [9.17, 15) is 13.2 Å². The van der Waals surface area contributed by atoms with Crippen LogP contribution in [-0.4, -0.2) is 11.7 Å². The first-order valence-electron chi connectivity index (χ1n) is 4.31. The first kappa shape index (κ1) is 9.84. The fraction of sp³-hybridized carbons (Fsp3) is 1.00. The van der Waals surface area contributed by atoms with E-state index in [-0.39, 0.29) is 12.8 Å². The zero-order valence-corrected chi connectivity index (χ0v) is 6.95. The molecular weight excluding hydrogens is 167 g/mol. The lowest BCUT2D eigenvalue weighted by Crippen LogP contribution is -2.52. The Morgan fingerprint density at radius 1 is 0.917 bits per heavy atom. The number of alkyl halides is 3. The summed E-state index contributed by atoms with van der Waals surface area (Å²) in [5.74, 6) is 0. The van der Waals surface area contributed by atoms with Crippen LogP contribution in [0.3, 0.4) is 0 Å². The molecule has 1 rings (SSSR count). The van der Waals surface area contributed by atoms with Gasteiger partial charge in [-0.15, -0.1) is 0 Å².